The van der Waals surface area contributed by atoms with E-state index in [9.17, 15) is 4.79 Å². The molecular formula is C24H26ClN3O2. The molecule has 0 aliphatic carbocycles. The van der Waals surface area contributed by atoms with Crippen LogP contribution >= 0.6 is 11.6 Å². The first-order chi connectivity index (χ1) is 14.6. The zero-order valence-electron chi connectivity index (χ0n) is 17.1. The first kappa shape index (κ1) is 20.6. The second-order valence-corrected chi connectivity index (χ2v) is 8.20. The van der Waals surface area contributed by atoms with Crippen LogP contribution in [0.15, 0.2) is 60.8 Å². The Hall–Kier alpha value is -2.63. The van der Waals surface area contributed by atoms with E-state index in [1.807, 2.05) is 61.5 Å². The molecule has 6 heteroatoms. The Balaban J connectivity index is 1.56. The molecule has 2 atom stereocenters. The van der Waals surface area contributed by atoms with Gasteiger partial charge in [-0.15, -0.1) is 0 Å². The monoisotopic (exact) mass is 423 g/mol. The van der Waals surface area contributed by atoms with Crippen molar-refractivity contribution in [1.29, 1.82) is 0 Å². The van der Waals surface area contributed by atoms with Crippen molar-refractivity contribution in [2.24, 2.45) is 0 Å². The van der Waals surface area contributed by atoms with Gasteiger partial charge in [0.05, 0.1) is 17.4 Å². The van der Waals surface area contributed by atoms with Crippen molar-refractivity contribution in [2.45, 2.75) is 44.8 Å². The van der Waals surface area contributed by atoms with Crippen molar-refractivity contribution in [1.82, 2.24) is 15.1 Å². The fourth-order valence-electron chi connectivity index (χ4n) is 3.76. The van der Waals surface area contributed by atoms with E-state index in [2.05, 4.69) is 5.32 Å². The second-order valence-electron chi connectivity index (χ2n) is 7.77. The smallest absolute Gasteiger partial charge is 0.255 e. The summed E-state index contributed by atoms with van der Waals surface area (Å²) in [4.78, 5) is 13.1. The lowest BCUT2D eigenvalue weighted by Crippen LogP contribution is -2.33. The number of ether oxygens (including phenoxy) is 1. The molecule has 2 heterocycles. The maximum absolute atomic E-state index is 13.1. The quantitative estimate of drug-likeness (QED) is 0.563. The first-order valence-electron chi connectivity index (χ1n) is 10.4. The Morgan fingerprint density at radius 2 is 2.00 bits per heavy atom. The highest BCUT2D eigenvalue weighted by atomic mass is 35.5. The van der Waals surface area contributed by atoms with Gasteiger partial charge in [0, 0.05) is 29.4 Å². The number of amides is 1. The van der Waals surface area contributed by atoms with Crippen LogP contribution in [0.25, 0.3) is 16.9 Å². The molecule has 1 saturated heterocycles. The van der Waals surface area contributed by atoms with Crippen LogP contribution in [-0.4, -0.2) is 34.4 Å². The Kier molecular flexibility index (Phi) is 6.50. The van der Waals surface area contributed by atoms with Crippen molar-refractivity contribution < 1.29 is 9.53 Å². The summed E-state index contributed by atoms with van der Waals surface area (Å²) >= 11 is 6.04. The fourth-order valence-corrected chi connectivity index (χ4v) is 3.88. The molecule has 2 aromatic carbocycles. The lowest BCUT2D eigenvalue weighted by molar-refractivity contribution is 0.0900. The molecule has 0 bridgehead atoms. The largest absolute Gasteiger partial charge is 0.378 e. The van der Waals surface area contributed by atoms with Crippen LogP contribution in [0.5, 0.6) is 0 Å². The molecule has 1 aliphatic rings. The third-order valence-electron chi connectivity index (χ3n) is 5.42. The molecule has 30 heavy (non-hydrogen) atoms. The minimum Gasteiger partial charge on any atom is -0.378 e. The molecule has 1 aliphatic heterocycles. The molecule has 0 radical (unpaired) electrons. The van der Waals surface area contributed by atoms with E-state index in [0.717, 1.165) is 43.5 Å². The van der Waals surface area contributed by atoms with Crippen molar-refractivity contribution in [2.75, 3.05) is 6.61 Å². The van der Waals surface area contributed by atoms with Gasteiger partial charge in [-0.1, -0.05) is 41.9 Å². The molecule has 5 nitrogen and oxygen atoms in total. The highest BCUT2D eigenvalue weighted by Crippen LogP contribution is 2.26. The molecule has 4 rings (SSSR count). The van der Waals surface area contributed by atoms with Crippen LogP contribution in [-0.2, 0) is 4.74 Å². The predicted molar refractivity (Wildman–Crippen MR) is 119 cm³/mol. The summed E-state index contributed by atoms with van der Waals surface area (Å²) in [5.74, 6) is -0.123. The maximum atomic E-state index is 13.1. The van der Waals surface area contributed by atoms with Crippen molar-refractivity contribution >= 4 is 17.5 Å². The van der Waals surface area contributed by atoms with E-state index in [1.165, 1.54) is 0 Å². The number of carbonyl (C=O) groups excluding carboxylic acids is 1. The normalized spacial score (nSPS) is 17.1. The number of halogens is 1. The van der Waals surface area contributed by atoms with E-state index in [-0.39, 0.29) is 11.9 Å². The van der Waals surface area contributed by atoms with Gasteiger partial charge in [0.2, 0.25) is 0 Å². The number of rotatable bonds is 7. The predicted octanol–water partition coefficient (Wildman–Crippen LogP) is 5.27. The van der Waals surface area contributed by atoms with Gasteiger partial charge in [-0.3, -0.25) is 4.79 Å². The average molecular weight is 424 g/mol. The van der Waals surface area contributed by atoms with Gasteiger partial charge < -0.3 is 10.1 Å². The number of carbonyl (C=O) groups is 1. The summed E-state index contributed by atoms with van der Waals surface area (Å²) in [6, 6.07) is 17.2. The molecule has 3 aromatic rings. The van der Waals surface area contributed by atoms with Crippen LogP contribution < -0.4 is 5.32 Å². The number of para-hydroxylation sites is 1. The molecular weight excluding hydrogens is 398 g/mol. The van der Waals surface area contributed by atoms with Gasteiger partial charge in [-0.2, -0.15) is 5.10 Å². The summed E-state index contributed by atoms with van der Waals surface area (Å²) in [6.07, 6.45) is 6.23. The standard InChI is InChI=1S/C24H26ClN3O2/c1-17(9-14-21-8-5-15-30-21)26-24(29)22-16-28(20-6-3-2-4-7-20)27-23(22)18-10-12-19(25)13-11-18/h2-4,6-7,10-13,16-17,21H,5,8-9,14-15H2,1H3,(H,26,29). The molecule has 0 saturated carbocycles. The van der Waals surface area contributed by atoms with E-state index in [0.29, 0.717) is 22.4 Å². The SMILES string of the molecule is CC(CCC1CCCO1)NC(=O)c1cn(-c2ccccc2)nc1-c1ccc(Cl)cc1. The summed E-state index contributed by atoms with van der Waals surface area (Å²) in [7, 11) is 0. The summed E-state index contributed by atoms with van der Waals surface area (Å²) < 4.78 is 7.44. The van der Waals surface area contributed by atoms with Crippen molar-refractivity contribution in [3.8, 4) is 16.9 Å². The van der Waals surface area contributed by atoms with E-state index in [1.54, 1.807) is 10.9 Å². The van der Waals surface area contributed by atoms with E-state index in [4.69, 9.17) is 21.4 Å². The van der Waals surface area contributed by atoms with E-state index >= 15 is 0 Å². The zero-order chi connectivity index (χ0) is 20.9. The number of nitrogens with one attached hydrogen (secondary N) is 1. The summed E-state index contributed by atoms with van der Waals surface area (Å²) in [5, 5.41) is 8.49. The minimum atomic E-state index is -0.123. The van der Waals surface area contributed by atoms with Crippen LogP contribution in [0.3, 0.4) is 0 Å². The maximum Gasteiger partial charge on any atom is 0.255 e. The third-order valence-corrected chi connectivity index (χ3v) is 5.67. The number of benzene rings is 2. The van der Waals surface area contributed by atoms with Gasteiger partial charge in [0.15, 0.2) is 0 Å². The second kappa shape index (κ2) is 9.45. The Bertz CT molecular complexity index is 979. The van der Waals surface area contributed by atoms with E-state index < -0.39 is 0 Å². The molecule has 1 amide bonds. The Morgan fingerprint density at radius 3 is 2.70 bits per heavy atom. The summed E-state index contributed by atoms with van der Waals surface area (Å²) in [5.41, 5.74) is 2.94. The van der Waals surface area contributed by atoms with Gasteiger partial charge in [-0.05, 0) is 56.9 Å². The number of nitrogens with zero attached hydrogens (tertiary/aromatic N) is 2. The number of hydrogen-bond acceptors (Lipinski definition) is 3. The van der Waals surface area contributed by atoms with Crippen LogP contribution in [0.1, 0.15) is 43.0 Å². The lowest BCUT2D eigenvalue weighted by Gasteiger charge is -2.16. The topological polar surface area (TPSA) is 56.1 Å². The third kappa shape index (κ3) is 4.91. The highest BCUT2D eigenvalue weighted by molar-refractivity contribution is 6.30. The van der Waals surface area contributed by atoms with Crippen molar-refractivity contribution in [3.05, 3.63) is 71.4 Å². The first-order valence-corrected chi connectivity index (χ1v) is 10.8. The zero-order valence-corrected chi connectivity index (χ0v) is 17.8. The van der Waals surface area contributed by atoms with Crippen LogP contribution in [0.4, 0.5) is 0 Å². The molecule has 0 spiro atoms. The highest BCUT2D eigenvalue weighted by Gasteiger charge is 2.21. The number of aromatic nitrogens is 2. The Labute approximate surface area is 182 Å². The van der Waals surface area contributed by atoms with Crippen LogP contribution in [0.2, 0.25) is 5.02 Å². The average Bonchev–Trinajstić information content (AvgIpc) is 3.44. The van der Waals surface area contributed by atoms with Gasteiger partial charge in [0.25, 0.3) is 5.91 Å². The fraction of sp³-hybridized carbons (Fsp3) is 0.333. The summed E-state index contributed by atoms with van der Waals surface area (Å²) in [6.45, 7) is 2.89. The van der Waals surface area contributed by atoms with Gasteiger partial charge in [0.1, 0.15) is 5.69 Å². The Morgan fingerprint density at radius 1 is 1.23 bits per heavy atom. The molecule has 156 valence electrons. The minimum absolute atomic E-state index is 0.0554. The number of hydrogen-bond donors (Lipinski definition) is 1. The van der Waals surface area contributed by atoms with Crippen LogP contribution in [0, 0.1) is 0 Å². The molecule has 1 aromatic heterocycles. The molecule has 1 N–H and O–H groups in total. The van der Waals surface area contributed by atoms with Crippen molar-refractivity contribution in [3.63, 3.8) is 0 Å². The van der Waals surface area contributed by atoms with Gasteiger partial charge >= 0.3 is 0 Å². The molecule has 2 unspecified atom stereocenters. The molecule has 1 fully saturated rings. The van der Waals surface area contributed by atoms with Gasteiger partial charge in [-0.25, -0.2) is 4.68 Å². The lowest BCUT2D eigenvalue weighted by atomic mass is 10.1.